The van der Waals surface area contributed by atoms with Gasteiger partial charge < -0.3 is 11.1 Å². The van der Waals surface area contributed by atoms with E-state index in [-0.39, 0.29) is 5.95 Å². The standard InChI is InChI=1S/C12H20N6/c1-4-7(2)5-8(3)15-10-9-6-14-18-11(9)17-12(13)16-10/h6-8H,4-5H2,1-3H3,(H4,13,14,15,16,17,18). The first-order valence-corrected chi connectivity index (χ1v) is 6.33. The van der Waals surface area contributed by atoms with Crippen LogP contribution in [-0.2, 0) is 0 Å². The van der Waals surface area contributed by atoms with Crippen LogP contribution in [0.25, 0.3) is 11.0 Å². The van der Waals surface area contributed by atoms with Gasteiger partial charge in [-0.2, -0.15) is 15.1 Å². The zero-order valence-corrected chi connectivity index (χ0v) is 11.1. The number of aromatic nitrogens is 4. The van der Waals surface area contributed by atoms with Crippen molar-refractivity contribution in [3.8, 4) is 0 Å². The molecule has 0 aliphatic rings. The van der Waals surface area contributed by atoms with E-state index in [9.17, 15) is 0 Å². The van der Waals surface area contributed by atoms with E-state index >= 15 is 0 Å². The largest absolute Gasteiger partial charge is 0.368 e. The third-order valence-electron chi connectivity index (χ3n) is 3.16. The number of rotatable bonds is 5. The predicted octanol–water partition coefficient (Wildman–Crippen LogP) is 2.17. The van der Waals surface area contributed by atoms with Gasteiger partial charge in [0.25, 0.3) is 0 Å². The van der Waals surface area contributed by atoms with Crippen LogP contribution in [0.15, 0.2) is 6.20 Å². The topological polar surface area (TPSA) is 92.5 Å². The second kappa shape index (κ2) is 5.20. The molecule has 0 radical (unpaired) electrons. The van der Waals surface area contributed by atoms with Crippen molar-refractivity contribution >= 4 is 22.8 Å². The highest BCUT2D eigenvalue weighted by molar-refractivity contribution is 5.86. The maximum absolute atomic E-state index is 5.68. The number of nitrogens with two attached hydrogens (primary N) is 1. The molecule has 2 unspecified atom stereocenters. The van der Waals surface area contributed by atoms with Crippen molar-refractivity contribution in [3.05, 3.63) is 6.20 Å². The summed E-state index contributed by atoms with van der Waals surface area (Å²) in [6.45, 7) is 6.60. The van der Waals surface area contributed by atoms with Crippen molar-refractivity contribution in [1.82, 2.24) is 20.2 Å². The number of anilines is 2. The van der Waals surface area contributed by atoms with Crippen LogP contribution in [0, 0.1) is 5.92 Å². The van der Waals surface area contributed by atoms with E-state index in [0.717, 1.165) is 17.6 Å². The molecule has 0 aliphatic carbocycles. The minimum absolute atomic E-state index is 0.255. The van der Waals surface area contributed by atoms with Crippen molar-refractivity contribution in [2.45, 2.75) is 39.7 Å². The molecule has 18 heavy (non-hydrogen) atoms. The summed E-state index contributed by atoms with van der Waals surface area (Å²) in [5, 5.41) is 11.0. The van der Waals surface area contributed by atoms with Crippen molar-refractivity contribution in [2.24, 2.45) is 5.92 Å². The van der Waals surface area contributed by atoms with Crippen LogP contribution in [0.4, 0.5) is 11.8 Å². The molecule has 0 spiro atoms. The number of aromatic amines is 1. The average Bonchev–Trinajstić information content (AvgIpc) is 2.76. The monoisotopic (exact) mass is 248 g/mol. The van der Waals surface area contributed by atoms with Gasteiger partial charge in [-0.05, 0) is 19.3 Å². The molecule has 2 aromatic heterocycles. The molecule has 2 atom stereocenters. The van der Waals surface area contributed by atoms with Gasteiger partial charge in [0, 0.05) is 6.04 Å². The Morgan fingerprint density at radius 1 is 1.39 bits per heavy atom. The second-order valence-corrected chi connectivity index (χ2v) is 4.86. The van der Waals surface area contributed by atoms with Gasteiger partial charge in [0.1, 0.15) is 5.82 Å². The van der Waals surface area contributed by atoms with Crippen molar-refractivity contribution in [2.75, 3.05) is 11.1 Å². The van der Waals surface area contributed by atoms with Gasteiger partial charge in [0.05, 0.1) is 11.6 Å². The first-order chi connectivity index (χ1) is 8.60. The van der Waals surface area contributed by atoms with Crippen molar-refractivity contribution in [3.63, 3.8) is 0 Å². The van der Waals surface area contributed by atoms with Crippen molar-refractivity contribution < 1.29 is 0 Å². The Labute approximate surface area is 106 Å². The fourth-order valence-electron chi connectivity index (χ4n) is 2.02. The number of nitrogens with zero attached hydrogens (tertiary/aromatic N) is 3. The summed E-state index contributed by atoms with van der Waals surface area (Å²) in [4.78, 5) is 8.33. The molecule has 0 fully saturated rings. The van der Waals surface area contributed by atoms with Crippen LogP contribution in [-0.4, -0.2) is 26.2 Å². The molecule has 98 valence electrons. The van der Waals surface area contributed by atoms with Gasteiger partial charge in [-0.25, -0.2) is 0 Å². The fraction of sp³-hybridized carbons (Fsp3) is 0.583. The third-order valence-corrected chi connectivity index (χ3v) is 3.16. The molecule has 0 saturated carbocycles. The quantitative estimate of drug-likeness (QED) is 0.754. The van der Waals surface area contributed by atoms with E-state index in [0.29, 0.717) is 17.6 Å². The zero-order chi connectivity index (χ0) is 13.1. The molecule has 4 N–H and O–H groups in total. The first-order valence-electron chi connectivity index (χ1n) is 6.33. The molecule has 0 aliphatic heterocycles. The highest BCUT2D eigenvalue weighted by atomic mass is 15.2. The summed E-state index contributed by atoms with van der Waals surface area (Å²) in [6, 6.07) is 0.340. The maximum atomic E-state index is 5.68. The number of hydrogen-bond acceptors (Lipinski definition) is 5. The van der Waals surface area contributed by atoms with Crippen LogP contribution < -0.4 is 11.1 Å². The molecule has 0 amide bonds. The van der Waals surface area contributed by atoms with Crippen LogP contribution >= 0.6 is 0 Å². The summed E-state index contributed by atoms with van der Waals surface area (Å²) in [5.74, 6) is 1.69. The first kappa shape index (κ1) is 12.6. The van der Waals surface area contributed by atoms with E-state index in [1.807, 2.05) is 0 Å². The molecule has 0 saturated heterocycles. The molecular formula is C12H20N6. The van der Waals surface area contributed by atoms with E-state index in [4.69, 9.17) is 5.73 Å². The Morgan fingerprint density at radius 2 is 2.17 bits per heavy atom. The van der Waals surface area contributed by atoms with Gasteiger partial charge in [-0.15, -0.1) is 0 Å². The lowest BCUT2D eigenvalue weighted by Crippen LogP contribution is -2.19. The lowest BCUT2D eigenvalue weighted by molar-refractivity contribution is 0.483. The highest BCUT2D eigenvalue weighted by Crippen LogP contribution is 2.21. The molecule has 2 rings (SSSR count). The Balaban J connectivity index is 2.18. The summed E-state index contributed by atoms with van der Waals surface area (Å²) in [5.41, 5.74) is 6.34. The summed E-state index contributed by atoms with van der Waals surface area (Å²) in [6.07, 6.45) is 3.99. The summed E-state index contributed by atoms with van der Waals surface area (Å²) in [7, 11) is 0. The van der Waals surface area contributed by atoms with Gasteiger partial charge in [-0.3, -0.25) is 5.10 Å². The number of fused-ring (bicyclic) bond motifs is 1. The SMILES string of the molecule is CCC(C)CC(C)Nc1nc(N)nc2[nH]ncc12. The van der Waals surface area contributed by atoms with E-state index in [1.165, 1.54) is 6.42 Å². The fourth-order valence-corrected chi connectivity index (χ4v) is 2.02. The lowest BCUT2D eigenvalue weighted by atomic mass is 10.0. The minimum atomic E-state index is 0.255. The Kier molecular flexibility index (Phi) is 3.64. The molecule has 2 heterocycles. The van der Waals surface area contributed by atoms with Gasteiger partial charge in [0.15, 0.2) is 5.65 Å². The van der Waals surface area contributed by atoms with E-state index in [2.05, 4.69) is 46.3 Å². The second-order valence-electron chi connectivity index (χ2n) is 4.86. The third kappa shape index (κ3) is 2.69. The Hall–Kier alpha value is -1.85. The Bertz CT molecular complexity index is 520. The minimum Gasteiger partial charge on any atom is -0.368 e. The zero-order valence-electron chi connectivity index (χ0n) is 11.1. The number of nitrogen functional groups attached to an aromatic ring is 1. The normalized spacial score (nSPS) is 14.6. The summed E-state index contributed by atoms with van der Waals surface area (Å²) < 4.78 is 0. The number of hydrogen-bond donors (Lipinski definition) is 3. The maximum Gasteiger partial charge on any atom is 0.224 e. The Morgan fingerprint density at radius 3 is 2.89 bits per heavy atom. The van der Waals surface area contributed by atoms with Crippen molar-refractivity contribution in [1.29, 1.82) is 0 Å². The highest BCUT2D eigenvalue weighted by Gasteiger charge is 2.12. The molecule has 0 aromatic carbocycles. The molecule has 0 bridgehead atoms. The molecule has 6 heteroatoms. The van der Waals surface area contributed by atoms with Gasteiger partial charge in [-0.1, -0.05) is 20.3 Å². The molecule has 6 nitrogen and oxygen atoms in total. The average molecular weight is 248 g/mol. The van der Waals surface area contributed by atoms with E-state index < -0.39 is 0 Å². The number of nitrogens with one attached hydrogen (secondary N) is 2. The van der Waals surface area contributed by atoms with Gasteiger partial charge in [0.2, 0.25) is 5.95 Å². The van der Waals surface area contributed by atoms with Crippen LogP contribution in [0.5, 0.6) is 0 Å². The predicted molar refractivity (Wildman–Crippen MR) is 73.3 cm³/mol. The molecule has 2 aromatic rings. The van der Waals surface area contributed by atoms with Gasteiger partial charge >= 0.3 is 0 Å². The molecular weight excluding hydrogens is 228 g/mol. The lowest BCUT2D eigenvalue weighted by Gasteiger charge is -2.18. The van der Waals surface area contributed by atoms with Crippen LogP contribution in [0.3, 0.4) is 0 Å². The number of H-pyrrole nitrogens is 1. The van der Waals surface area contributed by atoms with E-state index in [1.54, 1.807) is 6.20 Å². The van der Waals surface area contributed by atoms with Crippen LogP contribution in [0.2, 0.25) is 0 Å². The van der Waals surface area contributed by atoms with Crippen LogP contribution in [0.1, 0.15) is 33.6 Å². The summed E-state index contributed by atoms with van der Waals surface area (Å²) >= 11 is 0. The smallest absolute Gasteiger partial charge is 0.224 e.